The lowest BCUT2D eigenvalue weighted by molar-refractivity contribution is -0.133. The SMILES string of the molecule is C=C[C@@H]1C[C@@H]2C=CC[C@@]23C(=O)C(C)(C)C[C@@H]13. The van der Waals surface area contributed by atoms with Gasteiger partial charge in [0, 0.05) is 10.8 Å². The van der Waals surface area contributed by atoms with Crippen LogP contribution < -0.4 is 0 Å². The first-order valence-electron chi connectivity index (χ1n) is 6.36. The zero-order chi connectivity index (χ0) is 11.6. The van der Waals surface area contributed by atoms with Gasteiger partial charge in [0.25, 0.3) is 0 Å². The zero-order valence-corrected chi connectivity index (χ0v) is 10.2. The summed E-state index contributed by atoms with van der Waals surface area (Å²) in [6.45, 7) is 8.21. The van der Waals surface area contributed by atoms with Gasteiger partial charge in [-0.2, -0.15) is 0 Å². The molecule has 0 aromatic heterocycles. The number of Topliss-reactive ketones (excluding diaryl/α,β-unsaturated/α-hetero) is 1. The molecule has 0 aliphatic heterocycles. The van der Waals surface area contributed by atoms with Crippen LogP contribution in [0.15, 0.2) is 24.8 Å². The van der Waals surface area contributed by atoms with E-state index in [9.17, 15) is 4.79 Å². The molecule has 0 N–H and O–H groups in total. The van der Waals surface area contributed by atoms with Crippen molar-refractivity contribution in [3.8, 4) is 0 Å². The molecule has 0 heterocycles. The molecule has 1 heteroatoms. The first kappa shape index (κ1) is 10.3. The van der Waals surface area contributed by atoms with Crippen molar-refractivity contribution in [2.24, 2.45) is 28.6 Å². The molecular weight excluding hydrogens is 196 g/mol. The van der Waals surface area contributed by atoms with E-state index in [0.29, 0.717) is 23.5 Å². The van der Waals surface area contributed by atoms with Crippen molar-refractivity contribution >= 4 is 5.78 Å². The number of carbonyl (C=O) groups is 1. The van der Waals surface area contributed by atoms with Gasteiger partial charge in [-0.1, -0.05) is 32.1 Å². The summed E-state index contributed by atoms with van der Waals surface area (Å²) in [5.74, 6) is 2.12. The topological polar surface area (TPSA) is 17.1 Å². The summed E-state index contributed by atoms with van der Waals surface area (Å²) < 4.78 is 0. The Morgan fingerprint density at radius 2 is 2.25 bits per heavy atom. The fourth-order valence-electron chi connectivity index (χ4n) is 4.60. The molecule has 0 saturated heterocycles. The standard InChI is InChI=1S/C15H20O/c1-4-10-8-11-6-5-7-15(11)12(10)9-14(2,3)13(15)16/h4-6,10-12H,1,7-9H2,2-3H3/t10-,11+,12+,15-/m1/s1. The monoisotopic (exact) mass is 216 g/mol. The molecule has 4 atom stereocenters. The van der Waals surface area contributed by atoms with Crippen LogP contribution in [-0.4, -0.2) is 5.78 Å². The predicted octanol–water partition coefficient (Wildman–Crippen LogP) is 3.37. The molecule has 16 heavy (non-hydrogen) atoms. The van der Waals surface area contributed by atoms with Crippen molar-refractivity contribution in [3.63, 3.8) is 0 Å². The molecule has 0 radical (unpaired) electrons. The summed E-state index contributed by atoms with van der Waals surface area (Å²) in [5, 5.41) is 0. The van der Waals surface area contributed by atoms with E-state index < -0.39 is 0 Å². The summed E-state index contributed by atoms with van der Waals surface area (Å²) in [4.78, 5) is 12.7. The highest BCUT2D eigenvalue weighted by Crippen LogP contribution is 2.66. The Hall–Kier alpha value is -0.850. The Morgan fingerprint density at radius 3 is 2.94 bits per heavy atom. The van der Waals surface area contributed by atoms with Gasteiger partial charge in [-0.25, -0.2) is 0 Å². The van der Waals surface area contributed by atoms with Gasteiger partial charge in [-0.05, 0) is 37.0 Å². The van der Waals surface area contributed by atoms with E-state index in [2.05, 4.69) is 38.7 Å². The molecule has 3 aliphatic rings. The van der Waals surface area contributed by atoms with Gasteiger partial charge >= 0.3 is 0 Å². The van der Waals surface area contributed by atoms with Gasteiger partial charge in [-0.15, -0.1) is 6.58 Å². The van der Waals surface area contributed by atoms with E-state index in [1.54, 1.807) is 0 Å². The Morgan fingerprint density at radius 1 is 1.50 bits per heavy atom. The van der Waals surface area contributed by atoms with Crippen molar-refractivity contribution in [1.82, 2.24) is 0 Å². The largest absolute Gasteiger partial charge is 0.298 e. The van der Waals surface area contributed by atoms with Crippen molar-refractivity contribution in [3.05, 3.63) is 24.8 Å². The van der Waals surface area contributed by atoms with Gasteiger partial charge in [0.05, 0.1) is 0 Å². The maximum absolute atomic E-state index is 12.7. The van der Waals surface area contributed by atoms with Gasteiger partial charge in [-0.3, -0.25) is 4.79 Å². The predicted molar refractivity (Wildman–Crippen MR) is 64.9 cm³/mol. The second-order valence-corrected chi connectivity index (χ2v) is 6.44. The van der Waals surface area contributed by atoms with Crippen molar-refractivity contribution < 1.29 is 4.79 Å². The van der Waals surface area contributed by atoms with Crippen molar-refractivity contribution in [2.75, 3.05) is 0 Å². The summed E-state index contributed by atoms with van der Waals surface area (Å²) >= 11 is 0. The quantitative estimate of drug-likeness (QED) is 0.614. The van der Waals surface area contributed by atoms with Crippen LogP contribution in [0.5, 0.6) is 0 Å². The van der Waals surface area contributed by atoms with E-state index in [-0.39, 0.29) is 10.8 Å². The molecule has 2 fully saturated rings. The Bertz CT molecular complexity index is 390. The number of carbonyl (C=O) groups excluding carboxylic acids is 1. The molecule has 1 nitrogen and oxygen atoms in total. The van der Waals surface area contributed by atoms with Gasteiger partial charge in [0.2, 0.25) is 0 Å². The van der Waals surface area contributed by atoms with Gasteiger partial charge in [0.15, 0.2) is 0 Å². The third-order valence-corrected chi connectivity index (χ3v) is 5.26. The molecule has 0 amide bonds. The highest BCUT2D eigenvalue weighted by Gasteiger charge is 2.66. The highest BCUT2D eigenvalue weighted by molar-refractivity contribution is 5.94. The normalized spacial score (nSPS) is 48.1. The maximum Gasteiger partial charge on any atom is 0.145 e. The molecule has 0 aromatic rings. The Kier molecular flexibility index (Phi) is 1.86. The van der Waals surface area contributed by atoms with Crippen LogP contribution in [0.4, 0.5) is 0 Å². The van der Waals surface area contributed by atoms with Gasteiger partial charge in [0.1, 0.15) is 5.78 Å². The molecule has 0 bridgehead atoms. The fraction of sp³-hybridized carbons (Fsp3) is 0.667. The summed E-state index contributed by atoms with van der Waals surface area (Å²) in [5.41, 5.74) is -0.154. The maximum atomic E-state index is 12.7. The molecular formula is C15H20O. The number of hydrogen-bond donors (Lipinski definition) is 0. The zero-order valence-electron chi connectivity index (χ0n) is 10.2. The lowest BCUT2D eigenvalue weighted by atomic mass is 9.72. The minimum absolute atomic E-state index is 0.0393. The van der Waals surface area contributed by atoms with Crippen molar-refractivity contribution in [1.29, 1.82) is 0 Å². The van der Waals surface area contributed by atoms with Crippen LogP contribution in [0.25, 0.3) is 0 Å². The number of hydrogen-bond acceptors (Lipinski definition) is 1. The minimum Gasteiger partial charge on any atom is -0.298 e. The Labute approximate surface area is 97.6 Å². The molecule has 0 unspecified atom stereocenters. The van der Waals surface area contributed by atoms with Crippen LogP contribution in [0.1, 0.15) is 33.1 Å². The minimum atomic E-state index is -0.114. The molecule has 2 saturated carbocycles. The lowest BCUT2D eigenvalue weighted by Crippen LogP contribution is -2.35. The summed E-state index contributed by atoms with van der Waals surface area (Å²) in [6, 6.07) is 0. The molecule has 3 rings (SSSR count). The third kappa shape index (κ3) is 0.952. The molecule has 3 aliphatic carbocycles. The molecule has 0 aromatic carbocycles. The second kappa shape index (κ2) is 2.88. The fourth-order valence-corrected chi connectivity index (χ4v) is 4.60. The molecule has 1 spiro atoms. The smallest absolute Gasteiger partial charge is 0.145 e. The lowest BCUT2D eigenvalue weighted by Gasteiger charge is -2.29. The summed E-state index contributed by atoms with van der Waals surface area (Å²) in [7, 11) is 0. The van der Waals surface area contributed by atoms with E-state index in [0.717, 1.165) is 19.3 Å². The van der Waals surface area contributed by atoms with E-state index in [1.807, 2.05) is 0 Å². The highest BCUT2D eigenvalue weighted by atomic mass is 16.1. The van der Waals surface area contributed by atoms with E-state index in [1.165, 1.54) is 0 Å². The van der Waals surface area contributed by atoms with Gasteiger partial charge < -0.3 is 0 Å². The summed E-state index contributed by atoms with van der Waals surface area (Å²) in [6.07, 6.45) is 9.79. The van der Waals surface area contributed by atoms with E-state index in [4.69, 9.17) is 0 Å². The van der Waals surface area contributed by atoms with Crippen LogP contribution >= 0.6 is 0 Å². The first-order valence-corrected chi connectivity index (χ1v) is 6.36. The Balaban J connectivity index is 2.09. The van der Waals surface area contributed by atoms with Crippen LogP contribution in [-0.2, 0) is 4.79 Å². The van der Waals surface area contributed by atoms with E-state index >= 15 is 0 Å². The van der Waals surface area contributed by atoms with Crippen LogP contribution in [0.3, 0.4) is 0 Å². The first-order chi connectivity index (χ1) is 7.52. The molecule has 86 valence electrons. The van der Waals surface area contributed by atoms with Crippen LogP contribution in [0, 0.1) is 28.6 Å². The average molecular weight is 216 g/mol. The average Bonchev–Trinajstić information content (AvgIpc) is 2.80. The number of allylic oxidation sites excluding steroid dienone is 3. The van der Waals surface area contributed by atoms with Crippen LogP contribution in [0.2, 0.25) is 0 Å². The van der Waals surface area contributed by atoms with Crippen molar-refractivity contribution in [2.45, 2.75) is 33.1 Å². The number of rotatable bonds is 1. The second-order valence-electron chi connectivity index (χ2n) is 6.44. The third-order valence-electron chi connectivity index (χ3n) is 5.26. The number of ketones is 1.